The minimum atomic E-state index is -0.894. The predicted molar refractivity (Wildman–Crippen MR) is 124 cm³/mol. The first-order valence-electron chi connectivity index (χ1n) is 11.4. The molecule has 33 heavy (non-hydrogen) atoms. The van der Waals surface area contributed by atoms with Crippen LogP contribution in [0.25, 0.3) is 10.9 Å². The minimum absolute atomic E-state index is 0.0295. The fourth-order valence-electron chi connectivity index (χ4n) is 4.90. The van der Waals surface area contributed by atoms with E-state index < -0.39 is 12.0 Å². The van der Waals surface area contributed by atoms with Crippen LogP contribution in [-0.4, -0.2) is 34.7 Å². The number of ether oxygens (including phenoxy) is 1. The Hall–Kier alpha value is -3.35. The molecule has 0 spiro atoms. The van der Waals surface area contributed by atoms with Crippen LogP contribution in [0.4, 0.5) is 4.39 Å². The fraction of sp³-hybridized carbons (Fsp3) is 0.385. The number of aromatic nitrogens is 1. The Balaban J connectivity index is 1.52. The molecule has 1 aliphatic rings. The van der Waals surface area contributed by atoms with Crippen molar-refractivity contribution < 1.29 is 23.8 Å². The van der Waals surface area contributed by atoms with Gasteiger partial charge in [0.25, 0.3) is 0 Å². The fourth-order valence-corrected chi connectivity index (χ4v) is 4.90. The van der Waals surface area contributed by atoms with E-state index in [1.54, 1.807) is 13.2 Å². The lowest BCUT2D eigenvalue weighted by atomic mass is 9.91. The van der Waals surface area contributed by atoms with E-state index in [4.69, 9.17) is 4.74 Å². The number of carboxylic acids is 1. The summed E-state index contributed by atoms with van der Waals surface area (Å²) in [5.41, 5.74) is 3.65. The predicted octanol–water partition coefficient (Wildman–Crippen LogP) is 4.43. The number of carboxylic acid groups (broad SMARTS) is 1. The highest BCUT2D eigenvalue weighted by molar-refractivity contribution is 5.88. The summed E-state index contributed by atoms with van der Waals surface area (Å²) < 4.78 is 21.2. The van der Waals surface area contributed by atoms with Gasteiger partial charge >= 0.3 is 5.97 Å². The molecule has 0 aliphatic heterocycles. The molecule has 0 radical (unpaired) electrons. The second-order valence-corrected chi connectivity index (χ2v) is 8.58. The number of hydrogen-bond donors (Lipinski definition) is 2. The summed E-state index contributed by atoms with van der Waals surface area (Å²) in [6, 6.07) is 11.4. The normalized spacial score (nSPS) is 16.3. The molecule has 1 amide bonds. The molecule has 1 aromatic heterocycles. The van der Waals surface area contributed by atoms with Crippen molar-refractivity contribution in [2.24, 2.45) is 0 Å². The van der Waals surface area contributed by atoms with E-state index in [0.29, 0.717) is 38.5 Å². The lowest BCUT2D eigenvalue weighted by Crippen LogP contribution is -2.39. The maximum Gasteiger partial charge on any atom is 0.326 e. The molecule has 2 N–H and O–H groups in total. The van der Waals surface area contributed by atoms with Crippen molar-refractivity contribution in [3.8, 4) is 5.75 Å². The van der Waals surface area contributed by atoms with E-state index in [1.807, 2.05) is 35.8 Å². The zero-order chi connectivity index (χ0) is 23.5. The van der Waals surface area contributed by atoms with Gasteiger partial charge < -0.3 is 19.7 Å². The molecule has 2 aromatic carbocycles. The third-order valence-electron chi connectivity index (χ3n) is 6.49. The molecule has 3 aromatic rings. The van der Waals surface area contributed by atoms with Crippen LogP contribution in [0, 0.1) is 5.82 Å². The Bertz CT molecular complexity index is 1190. The molecule has 1 aliphatic carbocycles. The van der Waals surface area contributed by atoms with Gasteiger partial charge in [-0.2, -0.15) is 0 Å². The van der Waals surface area contributed by atoms with Crippen LogP contribution in [0.1, 0.15) is 49.0 Å². The number of benzene rings is 2. The van der Waals surface area contributed by atoms with Gasteiger partial charge in [0.15, 0.2) is 0 Å². The highest BCUT2D eigenvalue weighted by Gasteiger charge is 2.30. The number of nitrogens with one attached hydrogen (secondary N) is 1. The van der Waals surface area contributed by atoms with E-state index in [9.17, 15) is 19.1 Å². The summed E-state index contributed by atoms with van der Waals surface area (Å²) >= 11 is 0. The van der Waals surface area contributed by atoms with E-state index in [-0.39, 0.29) is 17.8 Å². The maximum absolute atomic E-state index is 14.1. The Kier molecular flexibility index (Phi) is 6.67. The number of aryl methyl sites for hydroxylation is 1. The quantitative estimate of drug-likeness (QED) is 0.530. The molecule has 0 saturated carbocycles. The lowest BCUT2D eigenvalue weighted by Gasteiger charge is -2.26. The first-order chi connectivity index (χ1) is 15.9. The number of halogens is 1. The van der Waals surface area contributed by atoms with Gasteiger partial charge in [0.1, 0.15) is 17.6 Å². The second kappa shape index (κ2) is 9.65. The van der Waals surface area contributed by atoms with Gasteiger partial charge in [-0.25, -0.2) is 9.18 Å². The Morgan fingerprint density at radius 1 is 1.27 bits per heavy atom. The van der Waals surface area contributed by atoms with Crippen molar-refractivity contribution in [3.05, 3.63) is 65.1 Å². The summed E-state index contributed by atoms with van der Waals surface area (Å²) in [5.74, 6) is -0.508. The van der Waals surface area contributed by atoms with E-state index in [0.717, 1.165) is 33.5 Å². The van der Waals surface area contributed by atoms with Crippen LogP contribution < -0.4 is 10.1 Å². The third-order valence-corrected chi connectivity index (χ3v) is 6.49. The molecule has 4 rings (SSSR count). The molecule has 0 fully saturated rings. The minimum Gasteiger partial charge on any atom is -0.497 e. The Morgan fingerprint density at radius 3 is 2.82 bits per heavy atom. The largest absolute Gasteiger partial charge is 0.497 e. The lowest BCUT2D eigenvalue weighted by molar-refractivity contribution is -0.141. The summed E-state index contributed by atoms with van der Waals surface area (Å²) in [5, 5.41) is 13.6. The smallest absolute Gasteiger partial charge is 0.326 e. The number of nitrogens with zero attached hydrogens (tertiary/aromatic N) is 1. The molecule has 174 valence electrons. The van der Waals surface area contributed by atoms with Crippen molar-refractivity contribution in [2.45, 2.75) is 57.5 Å². The highest BCUT2D eigenvalue weighted by Crippen LogP contribution is 2.36. The van der Waals surface area contributed by atoms with Gasteiger partial charge in [0, 0.05) is 29.1 Å². The number of aliphatic carboxylic acids is 1. The van der Waals surface area contributed by atoms with Crippen molar-refractivity contribution in [1.82, 2.24) is 9.88 Å². The average molecular weight is 453 g/mol. The number of carbonyl (C=O) groups is 2. The number of amides is 1. The standard InChI is InChI=1S/C26H29FN2O4/c1-3-22(26(31)32)29-23-10-8-17(27)14-20(23)21-15-18(9-11-24(21)29)28-25(30)12-7-16-5-4-6-19(13-16)33-2/h4-6,8,10,13-14,18,22H,3,7,9,11-12,15H2,1-2H3,(H,28,30)(H,31,32)/t18-,22?/m0/s1. The van der Waals surface area contributed by atoms with Crippen LogP contribution in [0.2, 0.25) is 0 Å². The number of hydrogen-bond acceptors (Lipinski definition) is 3. The molecule has 6 nitrogen and oxygen atoms in total. The van der Waals surface area contributed by atoms with Crippen LogP contribution in [-0.2, 0) is 28.9 Å². The Morgan fingerprint density at radius 2 is 2.09 bits per heavy atom. The van der Waals surface area contributed by atoms with E-state index in [1.165, 1.54) is 12.1 Å². The summed E-state index contributed by atoms with van der Waals surface area (Å²) in [4.78, 5) is 24.5. The molecular weight excluding hydrogens is 423 g/mol. The Labute approximate surface area is 192 Å². The molecule has 1 heterocycles. The molecule has 7 heteroatoms. The van der Waals surface area contributed by atoms with Crippen molar-refractivity contribution >= 4 is 22.8 Å². The van der Waals surface area contributed by atoms with Gasteiger partial charge in [-0.3, -0.25) is 4.79 Å². The van der Waals surface area contributed by atoms with Crippen molar-refractivity contribution in [2.75, 3.05) is 7.11 Å². The van der Waals surface area contributed by atoms with Gasteiger partial charge in [0.05, 0.1) is 7.11 Å². The first kappa shape index (κ1) is 22.8. The monoisotopic (exact) mass is 452 g/mol. The van der Waals surface area contributed by atoms with Crippen molar-refractivity contribution in [3.63, 3.8) is 0 Å². The zero-order valence-electron chi connectivity index (χ0n) is 18.9. The maximum atomic E-state index is 14.1. The number of carbonyl (C=O) groups excluding carboxylic acids is 1. The van der Waals surface area contributed by atoms with Gasteiger partial charge in [0.2, 0.25) is 5.91 Å². The van der Waals surface area contributed by atoms with E-state index in [2.05, 4.69) is 5.32 Å². The topological polar surface area (TPSA) is 80.6 Å². The summed E-state index contributed by atoms with van der Waals surface area (Å²) in [6.07, 6.45) is 3.33. The van der Waals surface area contributed by atoms with Gasteiger partial charge in [-0.05, 0) is 73.6 Å². The van der Waals surface area contributed by atoms with E-state index >= 15 is 0 Å². The van der Waals surface area contributed by atoms with Gasteiger partial charge in [-0.15, -0.1) is 0 Å². The third kappa shape index (κ3) is 4.72. The zero-order valence-corrected chi connectivity index (χ0v) is 18.9. The first-order valence-corrected chi connectivity index (χ1v) is 11.4. The molecule has 0 saturated heterocycles. The van der Waals surface area contributed by atoms with Crippen molar-refractivity contribution in [1.29, 1.82) is 0 Å². The van der Waals surface area contributed by atoms with Crippen LogP contribution in [0.5, 0.6) is 5.75 Å². The highest BCUT2D eigenvalue weighted by atomic mass is 19.1. The number of rotatable bonds is 8. The van der Waals surface area contributed by atoms with Gasteiger partial charge in [-0.1, -0.05) is 19.1 Å². The summed E-state index contributed by atoms with van der Waals surface area (Å²) in [7, 11) is 1.62. The summed E-state index contributed by atoms with van der Waals surface area (Å²) in [6.45, 7) is 1.84. The van der Waals surface area contributed by atoms with Crippen LogP contribution >= 0.6 is 0 Å². The molecule has 1 unspecified atom stereocenters. The number of methoxy groups -OCH3 is 1. The SMILES string of the molecule is CCC(C(=O)O)n1c2c(c3cc(F)ccc31)C[C@@H](NC(=O)CCc1cccc(OC)c1)CC2. The molecular formula is C26H29FN2O4. The molecule has 0 bridgehead atoms. The molecule has 2 atom stereocenters. The van der Waals surface area contributed by atoms with Crippen LogP contribution in [0.15, 0.2) is 42.5 Å². The number of fused-ring (bicyclic) bond motifs is 3. The second-order valence-electron chi connectivity index (χ2n) is 8.58. The van der Waals surface area contributed by atoms with Crippen LogP contribution in [0.3, 0.4) is 0 Å². The average Bonchev–Trinajstić information content (AvgIpc) is 3.11.